The Morgan fingerprint density at radius 1 is 1.09 bits per heavy atom. The monoisotopic (exact) mass is 463 g/mol. The Morgan fingerprint density at radius 3 is 2.35 bits per heavy atom. The first-order valence-corrected chi connectivity index (χ1v) is 10.8. The first-order chi connectivity index (χ1) is 16.0. The van der Waals surface area contributed by atoms with Crippen molar-refractivity contribution in [2.45, 2.75) is 38.6 Å². The van der Waals surface area contributed by atoms with Gasteiger partial charge in [-0.3, -0.25) is 14.5 Å². The summed E-state index contributed by atoms with van der Waals surface area (Å²) in [6, 6.07) is 15.7. The number of carbonyl (C=O) groups is 3. The van der Waals surface area contributed by atoms with E-state index in [0.717, 1.165) is 16.3 Å². The molecule has 0 saturated carbocycles. The van der Waals surface area contributed by atoms with Crippen molar-refractivity contribution >= 4 is 23.7 Å². The molecule has 0 aliphatic carbocycles. The molecule has 1 atom stereocenters. The summed E-state index contributed by atoms with van der Waals surface area (Å²) in [7, 11) is 0. The van der Waals surface area contributed by atoms with Crippen LogP contribution in [0.5, 0.6) is 0 Å². The Kier molecular flexibility index (Phi) is 5.72. The molecule has 9 heteroatoms. The highest BCUT2D eigenvalue weighted by atomic mass is 19.1. The van der Waals surface area contributed by atoms with Gasteiger partial charge in [-0.05, 0) is 36.8 Å². The van der Waals surface area contributed by atoms with Gasteiger partial charge in [0, 0.05) is 11.5 Å². The number of imide groups is 1. The molecule has 2 heterocycles. The molecule has 1 fully saturated rings. The predicted octanol–water partition coefficient (Wildman–Crippen LogP) is 3.71. The summed E-state index contributed by atoms with van der Waals surface area (Å²) < 4.78 is 14.9. The number of rotatable bonds is 5. The number of nitrogens with zero attached hydrogens (tertiary/aromatic N) is 3. The summed E-state index contributed by atoms with van der Waals surface area (Å²) in [6.07, 6.45) is 0. The van der Waals surface area contributed by atoms with Crippen LogP contribution >= 0.6 is 0 Å². The summed E-state index contributed by atoms with van der Waals surface area (Å²) in [4.78, 5) is 39.4. The zero-order valence-electron chi connectivity index (χ0n) is 19.4. The van der Waals surface area contributed by atoms with E-state index < -0.39 is 35.7 Å². The van der Waals surface area contributed by atoms with E-state index in [9.17, 15) is 18.8 Å². The second-order valence-electron chi connectivity index (χ2n) is 9.41. The summed E-state index contributed by atoms with van der Waals surface area (Å²) in [5, 5.41) is 10.0. The number of hydrogen-bond acceptors (Lipinski definition) is 4. The van der Waals surface area contributed by atoms with Gasteiger partial charge in [0.25, 0.3) is 5.91 Å². The summed E-state index contributed by atoms with van der Waals surface area (Å²) in [5.74, 6) is -1.17. The minimum Gasteiger partial charge on any atom is -0.319 e. The van der Waals surface area contributed by atoms with Crippen molar-refractivity contribution in [2.24, 2.45) is 0 Å². The molecule has 1 aliphatic rings. The van der Waals surface area contributed by atoms with Gasteiger partial charge in [-0.25, -0.2) is 13.9 Å². The molecule has 3 aromatic rings. The fraction of sp³-hybridized carbons (Fsp3) is 0.280. The average molecular weight is 464 g/mol. The van der Waals surface area contributed by atoms with Gasteiger partial charge in [-0.1, -0.05) is 51.1 Å². The second kappa shape index (κ2) is 8.40. The number of anilines is 1. The number of nitrogens with one attached hydrogen (secondary N) is 2. The molecular formula is C25H26FN5O3. The van der Waals surface area contributed by atoms with Gasteiger partial charge in [0.15, 0.2) is 0 Å². The van der Waals surface area contributed by atoms with Crippen LogP contribution in [-0.2, 0) is 20.5 Å². The van der Waals surface area contributed by atoms with E-state index in [1.807, 2.05) is 51.1 Å². The van der Waals surface area contributed by atoms with Gasteiger partial charge in [0.2, 0.25) is 5.91 Å². The van der Waals surface area contributed by atoms with E-state index in [2.05, 4.69) is 15.7 Å². The number of halogens is 1. The normalized spacial score (nSPS) is 18.2. The Balaban J connectivity index is 1.56. The number of urea groups is 1. The van der Waals surface area contributed by atoms with Gasteiger partial charge in [-0.2, -0.15) is 5.10 Å². The van der Waals surface area contributed by atoms with Crippen LogP contribution in [0, 0.1) is 5.82 Å². The Morgan fingerprint density at radius 2 is 1.74 bits per heavy atom. The number of amides is 4. The van der Waals surface area contributed by atoms with Crippen LogP contribution in [0.25, 0.3) is 5.69 Å². The zero-order valence-corrected chi connectivity index (χ0v) is 19.4. The van der Waals surface area contributed by atoms with Crippen molar-refractivity contribution < 1.29 is 18.8 Å². The fourth-order valence-electron chi connectivity index (χ4n) is 3.75. The molecule has 2 N–H and O–H groups in total. The molecular weight excluding hydrogens is 437 g/mol. The Bertz CT molecular complexity index is 1250. The minimum atomic E-state index is -1.39. The molecule has 0 spiro atoms. The number of para-hydroxylation sites is 1. The zero-order chi connectivity index (χ0) is 24.7. The van der Waals surface area contributed by atoms with Gasteiger partial charge in [-0.15, -0.1) is 0 Å². The summed E-state index contributed by atoms with van der Waals surface area (Å²) in [6.45, 7) is 7.09. The average Bonchev–Trinajstić information content (AvgIpc) is 3.30. The number of carbonyl (C=O) groups excluding carboxylic acids is 3. The van der Waals surface area contributed by atoms with E-state index in [-0.39, 0.29) is 5.41 Å². The highest BCUT2D eigenvalue weighted by Gasteiger charge is 2.49. The number of hydrogen-bond donors (Lipinski definition) is 2. The molecule has 1 unspecified atom stereocenters. The van der Waals surface area contributed by atoms with Gasteiger partial charge in [0.05, 0.1) is 11.4 Å². The van der Waals surface area contributed by atoms with Crippen LogP contribution in [0.15, 0.2) is 60.7 Å². The molecule has 176 valence electrons. The lowest BCUT2D eigenvalue weighted by atomic mass is 9.92. The van der Waals surface area contributed by atoms with E-state index >= 15 is 0 Å². The van der Waals surface area contributed by atoms with Crippen LogP contribution in [0.4, 0.5) is 15.0 Å². The smallest absolute Gasteiger partial charge is 0.319 e. The lowest BCUT2D eigenvalue weighted by molar-refractivity contribution is -0.133. The highest BCUT2D eigenvalue weighted by molar-refractivity contribution is 6.10. The van der Waals surface area contributed by atoms with Crippen LogP contribution in [0.1, 0.15) is 39.0 Å². The molecule has 1 aliphatic heterocycles. The Labute approximate surface area is 196 Å². The molecule has 1 aromatic heterocycles. The molecule has 2 aromatic carbocycles. The second-order valence-corrected chi connectivity index (χ2v) is 9.41. The van der Waals surface area contributed by atoms with E-state index in [1.54, 1.807) is 10.7 Å². The van der Waals surface area contributed by atoms with Crippen LogP contribution in [-0.4, -0.2) is 39.1 Å². The van der Waals surface area contributed by atoms with Crippen LogP contribution in [0.2, 0.25) is 0 Å². The van der Waals surface area contributed by atoms with Crippen LogP contribution in [0.3, 0.4) is 0 Å². The number of aromatic nitrogens is 2. The molecule has 4 amide bonds. The third-order valence-corrected chi connectivity index (χ3v) is 5.74. The maximum absolute atomic E-state index is 13.3. The predicted molar refractivity (Wildman–Crippen MR) is 125 cm³/mol. The standard InChI is InChI=1S/C25H26FN5O3/c1-24(2,3)19-14-20(31(29-19)18-8-6-5-7-9-18)27-21(32)15-30-22(33)25(4,28-23(30)34)16-10-12-17(26)13-11-16/h5-14H,15H2,1-4H3,(H,27,32)(H,28,34). The van der Waals surface area contributed by atoms with Crippen molar-refractivity contribution in [3.63, 3.8) is 0 Å². The van der Waals surface area contributed by atoms with Crippen molar-refractivity contribution in [2.75, 3.05) is 11.9 Å². The maximum Gasteiger partial charge on any atom is 0.325 e. The van der Waals surface area contributed by atoms with E-state index in [1.165, 1.54) is 31.2 Å². The lowest BCUT2D eigenvalue weighted by Gasteiger charge is -2.22. The van der Waals surface area contributed by atoms with Crippen molar-refractivity contribution in [3.8, 4) is 5.69 Å². The largest absolute Gasteiger partial charge is 0.325 e. The molecule has 4 rings (SSSR count). The van der Waals surface area contributed by atoms with Crippen molar-refractivity contribution in [3.05, 3.63) is 77.7 Å². The maximum atomic E-state index is 13.3. The van der Waals surface area contributed by atoms with Gasteiger partial charge >= 0.3 is 6.03 Å². The van der Waals surface area contributed by atoms with Crippen molar-refractivity contribution in [1.29, 1.82) is 0 Å². The van der Waals surface area contributed by atoms with Gasteiger partial charge in [0.1, 0.15) is 23.7 Å². The molecule has 0 bridgehead atoms. The molecule has 34 heavy (non-hydrogen) atoms. The first kappa shape index (κ1) is 23.2. The highest BCUT2D eigenvalue weighted by Crippen LogP contribution is 2.29. The van der Waals surface area contributed by atoms with Crippen molar-refractivity contribution in [1.82, 2.24) is 20.0 Å². The third-order valence-electron chi connectivity index (χ3n) is 5.74. The molecule has 8 nitrogen and oxygen atoms in total. The van der Waals surface area contributed by atoms with Gasteiger partial charge < -0.3 is 10.6 Å². The van der Waals surface area contributed by atoms with E-state index in [4.69, 9.17) is 0 Å². The molecule has 0 radical (unpaired) electrons. The lowest BCUT2D eigenvalue weighted by Crippen LogP contribution is -2.42. The topological polar surface area (TPSA) is 96.3 Å². The number of benzene rings is 2. The third kappa shape index (κ3) is 4.28. The van der Waals surface area contributed by atoms with Crippen LogP contribution < -0.4 is 10.6 Å². The summed E-state index contributed by atoms with van der Waals surface area (Å²) in [5.41, 5.74) is 0.294. The fourth-order valence-corrected chi connectivity index (χ4v) is 3.75. The molecule has 1 saturated heterocycles. The first-order valence-electron chi connectivity index (χ1n) is 10.8. The summed E-state index contributed by atoms with van der Waals surface area (Å²) >= 11 is 0. The minimum absolute atomic E-state index is 0.263. The quantitative estimate of drug-likeness (QED) is 0.564. The Hall–Kier alpha value is -4.01. The van der Waals surface area contributed by atoms with E-state index in [0.29, 0.717) is 11.4 Å². The SMILES string of the molecule is CC(C)(C)c1cc(NC(=O)CN2C(=O)NC(C)(c3ccc(F)cc3)C2=O)n(-c2ccccc2)n1.